The number of alkyl halides is 1. The van der Waals surface area contributed by atoms with Crippen LogP contribution in [-0.2, 0) is 11.2 Å². The Morgan fingerprint density at radius 3 is 3.00 bits per heavy atom. The summed E-state index contributed by atoms with van der Waals surface area (Å²) in [6.45, 7) is 4.78. The second-order valence-electron chi connectivity index (χ2n) is 4.18. The summed E-state index contributed by atoms with van der Waals surface area (Å²) in [7, 11) is 0. The van der Waals surface area contributed by atoms with Crippen LogP contribution < -0.4 is 0 Å². The molecule has 1 fully saturated rings. The molecule has 1 aromatic heterocycles. The van der Waals surface area contributed by atoms with Gasteiger partial charge < -0.3 is 4.74 Å². The average Bonchev–Trinajstić information content (AvgIpc) is 2.70. The van der Waals surface area contributed by atoms with Crippen molar-refractivity contribution in [2.45, 2.75) is 31.2 Å². The molecule has 0 radical (unpaired) electrons. The average molecular weight is 233 g/mol. The maximum absolute atomic E-state index is 6.32. The van der Waals surface area contributed by atoms with Gasteiger partial charge in [0.2, 0.25) is 0 Å². The normalized spacial score (nSPS) is 30.8. The third kappa shape index (κ3) is 1.92. The monoisotopic (exact) mass is 232 g/mol. The fourth-order valence-electron chi connectivity index (χ4n) is 1.76. The largest absolute Gasteiger partial charge is 0.374 e. The van der Waals surface area contributed by atoms with Gasteiger partial charge in [-0.1, -0.05) is 4.49 Å². The minimum absolute atomic E-state index is 0.0594. The highest BCUT2D eigenvalue weighted by Crippen LogP contribution is 2.35. The van der Waals surface area contributed by atoms with E-state index in [4.69, 9.17) is 16.3 Å². The van der Waals surface area contributed by atoms with Crippen LogP contribution in [0.15, 0.2) is 5.38 Å². The zero-order chi connectivity index (χ0) is 10.2. The first-order valence-corrected chi connectivity index (χ1v) is 5.91. The maximum Gasteiger partial charge on any atom is 0.0793 e. The van der Waals surface area contributed by atoms with Gasteiger partial charge in [0, 0.05) is 11.3 Å². The number of hydrogen-bond acceptors (Lipinski definition) is 4. The molecular weight excluding hydrogens is 220 g/mol. The van der Waals surface area contributed by atoms with Crippen LogP contribution in [0.1, 0.15) is 19.5 Å². The molecule has 0 aromatic carbocycles. The SMILES string of the molecule is CC1(C)OCC(Cc2csnn2)C1Cl. The van der Waals surface area contributed by atoms with Crippen LogP contribution in [0.25, 0.3) is 0 Å². The summed E-state index contributed by atoms with van der Waals surface area (Å²) in [5, 5.41) is 6.04. The molecule has 2 unspecified atom stereocenters. The van der Waals surface area contributed by atoms with Crippen molar-refractivity contribution in [3.63, 3.8) is 0 Å². The van der Waals surface area contributed by atoms with Crippen molar-refractivity contribution < 1.29 is 4.74 Å². The van der Waals surface area contributed by atoms with Crippen LogP contribution in [0, 0.1) is 5.92 Å². The molecule has 1 aliphatic rings. The fourth-order valence-corrected chi connectivity index (χ4v) is 2.45. The molecule has 2 atom stereocenters. The van der Waals surface area contributed by atoms with Gasteiger partial charge in [0.05, 0.1) is 23.3 Å². The maximum atomic E-state index is 6.32. The molecule has 0 amide bonds. The van der Waals surface area contributed by atoms with E-state index in [-0.39, 0.29) is 11.0 Å². The fraction of sp³-hybridized carbons (Fsp3) is 0.778. The molecule has 2 rings (SSSR count). The number of halogens is 1. The standard InChI is InChI=1S/C9H13ClN2OS/c1-9(2)8(10)6(4-13-9)3-7-5-14-12-11-7/h5-6,8H,3-4H2,1-2H3. The summed E-state index contributed by atoms with van der Waals surface area (Å²) in [4.78, 5) is 0. The molecular formula is C9H13ClN2OS. The molecule has 2 heterocycles. The van der Waals surface area contributed by atoms with Gasteiger partial charge >= 0.3 is 0 Å². The molecule has 0 saturated carbocycles. The van der Waals surface area contributed by atoms with Gasteiger partial charge in [-0.15, -0.1) is 16.7 Å². The van der Waals surface area contributed by atoms with Crippen LogP contribution in [0.5, 0.6) is 0 Å². The van der Waals surface area contributed by atoms with Crippen LogP contribution in [0.4, 0.5) is 0 Å². The lowest BCUT2D eigenvalue weighted by atomic mass is 9.94. The number of rotatable bonds is 2. The van der Waals surface area contributed by atoms with E-state index in [1.165, 1.54) is 11.5 Å². The van der Waals surface area contributed by atoms with Crippen LogP contribution in [0.2, 0.25) is 0 Å². The van der Waals surface area contributed by atoms with Crippen molar-refractivity contribution in [2.75, 3.05) is 6.61 Å². The summed E-state index contributed by atoms with van der Waals surface area (Å²) in [6, 6.07) is 0. The molecule has 3 nitrogen and oxygen atoms in total. The van der Waals surface area contributed by atoms with Gasteiger partial charge in [-0.2, -0.15) is 0 Å². The molecule has 0 N–H and O–H groups in total. The lowest BCUT2D eigenvalue weighted by Crippen LogP contribution is -2.31. The van der Waals surface area contributed by atoms with Crippen molar-refractivity contribution >= 4 is 23.1 Å². The van der Waals surface area contributed by atoms with E-state index in [2.05, 4.69) is 9.59 Å². The summed E-state index contributed by atoms with van der Waals surface area (Å²) in [6.07, 6.45) is 0.869. The Morgan fingerprint density at radius 1 is 1.71 bits per heavy atom. The first-order chi connectivity index (χ1) is 6.59. The van der Waals surface area contributed by atoms with E-state index < -0.39 is 0 Å². The van der Waals surface area contributed by atoms with E-state index in [1.54, 1.807) is 0 Å². The van der Waals surface area contributed by atoms with Gasteiger partial charge in [0.25, 0.3) is 0 Å². The minimum Gasteiger partial charge on any atom is -0.374 e. The van der Waals surface area contributed by atoms with Crippen LogP contribution in [0.3, 0.4) is 0 Å². The molecule has 1 aromatic rings. The van der Waals surface area contributed by atoms with Crippen LogP contribution >= 0.6 is 23.1 Å². The molecule has 14 heavy (non-hydrogen) atoms. The quantitative estimate of drug-likeness (QED) is 0.733. The third-order valence-electron chi connectivity index (χ3n) is 2.62. The van der Waals surface area contributed by atoms with Crippen molar-refractivity contribution in [2.24, 2.45) is 5.92 Å². The topological polar surface area (TPSA) is 35.0 Å². The summed E-state index contributed by atoms with van der Waals surface area (Å²) >= 11 is 7.70. The lowest BCUT2D eigenvalue weighted by molar-refractivity contribution is 0.0365. The first kappa shape index (κ1) is 10.3. The second kappa shape index (κ2) is 3.76. The molecule has 1 saturated heterocycles. The third-order valence-corrected chi connectivity index (χ3v) is 4.06. The molecule has 1 aliphatic heterocycles. The molecule has 0 bridgehead atoms. The van der Waals surface area contributed by atoms with Gasteiger partial charge in [-0.05, 0) is 31.8 Å². The predicted molar refractivity (Wildman–Crippen MR) is 56.8 cm³/mol. The van der Waals surface area contributed by atoms with E-state index in [0.29, 0.717) is 5.92 Å². The second-order valence-corrected chi connectivity index (χ2v) is 5.26. The predicted octanol–water partition coefficient (Wildman–Crippen LogP) is 2.11. The highest BCUT2D eigenvalue weighted by atomic mass is 35.5. The Bertz CT molecular complexity index is 302. The molecule has 5 heteroatoms. The highest BCUT2D eigenvalue weighted by Gasteiger charge is 2.42. The minimum atomic E-state index is -0.213. The van der Waals surface area contributed by atoms with E-state index in [1.807, 2.05) is 19.2 Å². The zero-order valence-corrected chi connectivity index (χ0v) is 9.81. The van der Waals surface area contributed by atoms with Crippen molar-refractivity contribution in [1.29, 1.82) is 0 Å². The zero-order valence-electron chi connectivity index (χ0n) is 8.24. The number of ether oxygens (including phenoxy) is 1. The van der Waals surface area contributed by atoms with Crippen molar-refractivity contribution in [3.8, 4) is 0 Å². The number of aromatic nitrogens is 2. The number of hydrogen-bond donors (Lipinski definition) is 0. The van der Waals surface area contributed by atoms with Crippen molar-refractivity contribution in [3.05, 3.63) is 11.1 Å². The van der Waals surface area contributed by atoms with Gasteiger partial charge in [0.1, 0.15) is 0 Å². The summed E-state index contributed by atoms with van der Waals surface area (Å²) in [5.74, 6) is 0.357. The van der Waals surface area contributed by atoms with E-state index >= 15 is 0 Å². The smallest absolute Gasteiger partial charge is 0.0793 e. The van der Waals surface area contributed by atoms with Crippen LogP contribution in [-0.4, -0.2) is 27.2 Å². The number of nitrogens with zero attached hydrogens (tertiary/aromatic N) is 2. The Morgan fingerprint density at radius 2 is 2.50 bits per heavy atom. The highest BCUT2D eigenvalue weighted by molar-refractivity contribution is 7.03. The summed E-state index contributed by atoms with van der Waals surface area (Å²) < 4.78 is 9.47. The van der Waals surface area contributed by atoms with Crippen molar-refractivity contribution in [1.82, 2.24) is 9.59 Å². The lowest BCUT2D eigenvalue weighted by Gasteiger charge is -2.22. The molecule has 0 aliphatic carbocycles. The van der Waals surface area contributed by atoms with Gasteiger partial charge in [0.15, 0.2) is 0 Å². The summed E-state index contributed by atoms with van der Waals surface area (Å²) in [5.41, 5.74) is 0.808. The van der Waals surface area contributed by atoms with Gasteiger partial charge in [-0.3, -0.25) is 0 Å². The Balaban J connectivity index is 2.01. The van der Waals surface area contributed by atoms with Gasteiger partial charge in [-0.25, -0.2) is 0 Å². The Hall–Kier alpha value is -0.190. The Labute approximate surface area is 92.6 Å². The first-order valence-electron chi connectivity index (χ1n) is 4.63. The van der Waals surface area contributed by atoms with E-state index in [0.717, 1.165) is 18.7 Å². The van der Waals surface area contributed by atoms with E-state index in [9.17, 15) is 0 Å². The molecule has 78 valence electrons. The molecule has 0 spiro atoms. The Kier molecular flexibility index (Phi) is 2.77.